The van der Waals surface area contributed by atoms with Crippen molar-refractivity contribution in [3.63, 3.8) is 0 Å². The summed E-state index contributed by atoms with van der Waals surface area (Å²) in [5, 5.41) is 3.07. The van der Waals surface area contributed by atoms with Crippen LogP contribution in [0.5, 0.6) is 0 Å². The average Bonchev–Trinajstić information content (AvgIpc) is 3.11. The lowest BCUT2D eigenvalue weighted by Crippen LogP contribution is -2.31. The van der Waals surface area contributed by atoms with Crippen LogP contribution in [0.2, 0.25) is 0 Å². The number of carbonyl (C=O) groups excluding carboxylic acids is 1. The molecule has 1 heterocycles. The summed E-state index contributed by atoms with van der Waals surface area (Å²) in [4.78, 5) is 17.0. The fraction of sp³-hybridized carbons (Fsp3) is 0.273. The summed E-state index contributed by atoms with van der Waals surface area (Å²) in [6, 6.07) is 20.3. The van der Waals surface area contributed by atoms with Gasteiger partial charge in [0.05, 0.1) is 5.92 Å². The third kappa shape index (κ3) is 4.60. The number of aromatic nitrogens is 2. The Morgan fingerprint density at radius 1 is 1.08 bits per heavy atom. The van der Waals surface area contributed by atoms with Crippen molar-refractivity contribution in [3.05, 3.63) is 90.0 Å². The second-order valence-corrected chi connectivity index (χ2v) is 6.37. The van der Waals surface area contributed by atoms with Crippen molar-refractivity contribution in [2.24, 2.45) is 0 Å². The summed E-state index contributed by atoms with van der Waals surface area (Å²) in [6.45, 7) is 3.43. The molecule has 0 aliphatic heterocycles. The number of rotatable bonds is 8. The Labute approximate surface area is 154 Å². The Morgan fingerprint density at radius 3 is 2.46 bits per heavy atom. The van der Waals surface area contributed by atoms with Crippen LogP contribution in [0.15, 0.2) is 73.1 Å². The average molecular weight is 347 g/mol. The van der Waals surface area contributed by atoms with Gasteiger partial charge >= 0.3 is 0 Å². The molecule has 3 aromatic rings. The summed E-state index contributed by atoms with van der Waals surface area (Å²) in [5.74, 6) is 0.974. The largest absolute Gasteiger partial charge is 0.355 e. The normalized spacial score (nSPS) is 11.9. The van der Waals surface area contributed by atoms with Crippen LogP contribution in [0.25, 0.3) is 0 Å². The fourth-order valence-corrected chi connectivity index (χ4v) is 3.17. The first kappa shape index (κ1) is 17.9. The predicted molar refractivity (Wildman–Crippen MR) is 104 cm³/mol. The minimum absolute atomic E-state index is 0.0832. The highest BCUT2D eigenvalue weighted by Gasteiger charge is 2.18. The van der Waals surface area contributed by atoms with Gasteiger partial charge in [0.15, 0.2) is 0 Å². The maximum Gasteiger partial charge on any atom is 0.227 e. The Morgan fingerprint density at radius 2 is 1.77 bits per heavy atom. The van der Waals surface area contributed by atoms with Crippen LogP contribution in [0.1, 0.15) is 36.2 Å². The number of carbonyl (C=O) groups is 1. The minimum Gasteiger partial charge on any atom is -0.355 e. The van der Waals surface area contributed by atoms with E-state index in [4.69, 9.17) is 0 Å². The number of hydrogen-bond acceptors (Lipinski definition) is 2. The van der Waals surface area contributed by atoms with Gasteiger partial charge in [-0.25, -0.2) is 4.98 Å². The number of amides is 1. The van der Waals surface area contributed by atoms with Gasteiger partial charge in [0.2, 0.25) is 5.91 Å². The zero-order valence-corrected chi connectivity index (χ0v) is 15.1. The van der Waals surface area contributed by atoms with Gasteiger partial charge in [-0.3, -0.25) is 4.79 Å². The monoisotopic (exact) mass is 347 g/mol. The highest BCUT2D eigenvalue weighted by Crippen LogP contribution is 2.19. The van der Waals surface area contributed by atoms with Gasteiger partial charge in [-0.05, 0) is 17.5 Å². The summed E-state index contributed by atoms with van der Waals surface area (Å²) in [5.41, 5.74) is 2.31. The Hall–Kier alpha value is -2.88. The summed E-state index contributed by atoms with van der Waals surface area (Å²) in [7, 11) is 0. The van der Waals surface area contributed by atoms with E-state index in [1.165, 1.54) is 5.56 Å². The molecular weight excluding hydrogens is 322 g/mol. The van der Waals surface area contributed by atoms with E-state index in [9.17, 15) is 4.79 Å². The lowest BCUT2D eigenvalue weighted by atomic mass is 9.96. The standard InChI is InChI=1S/C22H25N3O/c1-2-20(19-11-7-4-8-12-19)22(26)24-14-13-21-23-15-16-25(21)17-18-9-5-3-6-10-18/h3-12,15-16,20H,2,13-14,17H2,1H3,(H,24,26). The van der Waals surface area contributed by atoms with Gasteiger partial charge in [0.1, 0.15) is 5.82 Å². The van der Waals surface area contributed by atoms with Crippen molar-refractivity contribution in [2.75, 3.05) is 6.54 Å². The molecule has 1 N–H and O–H groups in total. The van der Waals surface area contributed by atoms with Gasteiger partial charge in [-0.15, -0.1) is 0 Å². The van der Waals surface area contributed by atoms with Crippen LogP contribution in [0.3, 0.4) is 0 Å². The molecule has 0 aliphatic carbocycles. The highest BCUT2D eigenvalue weighted by molar-refractivity contribution is 5.83. The van der Waals surface area contributed by atoms with E-state index in [1.54, 1.807) is 0 Å². The van der Waals surface area contributed by atoms with Gasteiger partial charge in [-0.2, -0.15) is 0 Å². The SMILES string of the molecule is CCC(C(=O)NCCc1nccn1Cc1ccccc1)c1ccccc1. The van der Waals surface area contributed by atoms with E-state index in [-0.39, 0.29) is 11.8 Å². The number of imidazole rings is 1. The van der Waals surface area contributed by atoms with Crippen LogP contribution < -0.4 is 5.32 Å². The van der Waals surface area contributed by atoms with Crippen molar-refractivity contribution in [1.82, 2.24) is 14.9 Å². The molecular formula is C22H25N3O. The second kappa shape index (κ2) is 8.99. The van der Waals surface area contributed by atoms with E-state index < -0.39 is 0 Å². The molecule has 0 bridgehead atoms. The maximum absolute atomic E-state index is 12.5. The van der Waals surface area contributed by atoms with Gasteiger partial charge in [0, 0.05) is 31.9 Å². The number of nitrogens with zero attached hydrogens (tertiary/aromatic N) is 2. The summed E-state index contributed by atoms with van der Waals surface area (Å²) < 4.78 is 2.13. The van der Waals surface area contributed by atoms with Crippen molar-refractivity contribution in [3.8, 4) is 0 Å². The van der Waals surface area contributed by atoms with Crippen LogP contribution >= 0.6 is 0 Å². The van der Waals surface area contributed by atoms with E-state index in [0.717, 1.165) is 30.8 Å². The van der Waals surface area contributed by atoms with Crippen LogP contribution in [0, 0.1) is 0 Å². The molecule has 1 aromatic heterocycles. The van der Waals surface area contributed by atoms with Crippen molar-refractivity contribution in [1.29, 1.82) is 0 Å². The molecule has 4 heteroatoms. The van der Waals surface area contributed by atoms with E-state index >= 15 is 0 Å². The van der Waals surface area contributed by atoms with Crippen molar-refractivity contribution < 1.29 is 4.79 Å². The predicted octanol–water partition coefficient (Wildman–Crippen LogP) is 3.78. The highest BCUT2D eigenvalue weighted by atomic mass is 16.1. The van der Waals surface area contributed by atoms with E-state index in [2.05, 4.69) is 27.0 Å². The zero-order valence-electron chi connectivity index (χ0n) is 15.1. The van der Waals surface area contributed by atoms with Gasteiger partial charge < -0.3 is 9.88 Å². The lowest BCUT2D eigenvalue weighted by Gasteiger charge is -2.15. The molecule has 0 fully saturated rings. The van der Waals surface area contributed by atoms with Crippen molar-refractivity contribution >= 4 is 5.91 Å². The fourth-order valence-electron chi connectivity index (χ4n) is 3.17. The molecule has 2 aromatic carbocycles. The molecule has 1 unspecified atom stereocenters. The molecule has 0 radical (unpaired) electrons. The third-order valence-electron chi connectivity index (χ3n) is 4.57. The zero-order chi connectivity index (χ0) is 18.2. The molecule has 0 saturated carbocycles. The molecule has 0 saturated heterocycles. The molecule has 4 nitrogen and oxygen atoms in total. The second-order valence-electron chi connectivity index (χ2n) is 6.37. The van der Waals surface area contributed by atoms with E-state index in [0.29, 0.717) is 6.54 Å². The van der Waals surface area contributed by atoms with Crippen molar-refractivity contribution in [2.45, 2.75) is 32.2 Å². The first-order valence-electron chi connectivity index (χ1n) is 9.14. The number of hydrogen-bond donors (Lipinski definition) is 1. The van der Waals surface area contributed by atoms with Crippen LogP contribution in [-0.4, -0.2) is 22.0 Å². The third-order valence-corrected chi connectivity index (χ3v) is 4.57. The summed E-state index contributed by atoms with van der Waals surface area (Å²) in [6.07, 6.45) is 5.32. The molecule has 1 amide bonds. The maximum atomic E-state index is 12.5. The number of benzene rings is 2. The summed E-state index contributed by atoms with van der Waals surface area (Å²) >= 11 is 0. The molecule has 1 atom stereocenters. The first-order valence-corrected chi connectivity index (χ1v) is 9.14. The molecule has 0 aliphatic rings. The smallest absolute Gasteiger partial charge is 0.227 e. The molecule has 0 spiro atoms. The van der Waals surface area contributed by atoms with Gasteiger partial charge in [0.25, 0.3) is 0 Å². The Balaban J connectivity index is 1.55. The molecule has 134 valence electrons. The van der Waals surface area contributed by atoms with Crippen LogP contribution in [-0.2, 0) is 17.8 Å². The quantitative estimate of drug-likeness (QED) is 0.674. The first-order chi connectivity index (χ1) is 12.8. The lowest BCUT2D eigenvalue weighted by molar-refractivity contribution is -0.122. The number of nitrogens with one attached hydrogen (secondary N) is 1. The topological polar surface area (TPSA) is 46.9 Å². The van der Waals surface area contributed by atoms with E-state index in [1.807, 2.05) is 67.8 Å². The minimum atomic E-state index is -0.0970. The van der Waals surface area contributed by atoms with Crippen LogP contribution in [0.4, 0.5) is 0 Å². The molecule has 3 rings (SSSR count). The molecule has 26 heavy (non-hydrogen) atoms. The Bertz CT molecular complexity index is 812. The Kier molecular flexibility index (Phi) is 6.20. The van der Waals surface area contributed by atoms with Gasteiger partial charge in [-0.1, -0.05) is 67.6 Å².